The van der Waals surface area contributed by atoms with E-state index in [2.05, 4.69) is 20.2 Å². The number of hydrogen-bond acceptors (Lipinski definition) is 4. The zero-order chi connectivity index (χ0) is 18.8. The van der Waals surface area contributed by atoms with Crippen molar-refractivity contribution in [2.24, 2.45) is 5.92 Å². The molecule has 1 fully saturated rings. The second-order valence-corrected chi connectivity index (χ2v) is 7.04. The maximum atomic E-state index is 13.4. The average molecular weight is 385 g/mol. The standard InChI is InChI=1S/C20H18ClFN4O/c21-14-1-4-19(24-12-14)25-20(27)13-6-9-26(10-7-13)18-5-8-23-17-11-15(22)2-3-16(17)18/h1-5,8,11-13H,6-7,9-10H2,(H,24,25,27). The molecule has 1 saturated heterocycles. The van der Waals surface area contributed by atoms with Gasteiger partial charge in [-0.2, -0.15) is 0 Å². The number of halogens is 2. The van der Waals surface area contributed by atoms with E-state index in [1.807, 2.05) is 6.07 Å². The molecule has 0 aliphatic carbocycles. The minimum Gasteiger partial charge on any atom is -0.371 e. The molecular weight excluding hydrogens is 367 g/mol. The Morgan fingerprint density at radius 2 is 1.96 bits per heavy atom. The number of carbonyl (C=O) groups is 1. The highest BCUT2D eigenvalue weighted by Crippen LogP contribution is 2.30. The second-order valence-electron chi connectivity index (χ2n) is 6.60. The van der Waals surface area contributed by atoms with Crippen molar-refractivity contribution in [3.8, 4) is 0 Å². The summed E-state index contributed by atoms with van der Waals surface area (Å²) in [6, 6.07) is 9.99. The summed E-state index contributed by atoms with van der Waals surface area (Å²) in [5.74, 6) is 0.128. The number of benzene rings is 1. The number of hydrogen-bond donors (Lipinski definition) is 1. The Morgan fingerprint density at radius 3 is 2.70 bits per heavy atom. The summed E-state index contributed by atoms with van der Waals surface area (Å²) in [5, 5.41) is 4.31. The van der Waals surface area contributed by atoms with Crippen molar-refractivity contribution >= 4 is 39.9 Å². The first kappa shape index (κ1) is 17.7. The predicted molar refractivity (Wildman–Crippen MR) is 105 cm³/mol. The van der Waals surface area contributed by atoms with Crippen LogP contribution < -0.4 is 10.2 Å². The molecule has 0 radical (unpaired) electrons. The Morgan fingerprint density at radius 1 is 1.15 bits per heavy atom. The fourth-order valence-corrected chi connectivity index (χ4v) is 3.55. The third kappa shape index (κ3) is 3.85. The highest BCUT2D eigenvalue weighted by molar-refractivity contribution is 6.30. The summed E-state index contributed by atoms with van der Waals surface area (Å²) in [7, 11) is 0. The highest BCUT2D eigenvalue weighted by Gasteiger charge is 2.26. The van der Waals surface area contributed by atoms with E-state index < -0.39 is 0 Å². The summed E-state index contributed by atoms with van der Waals surface area (Å²) in [4.78, 5) is 23.1. The van der Waals surface area contributed by atoms with Crippen LogP contribution in [0.5, 0.6) is 0 Å². The van der Waals surface area contributed by atoms with Gasteiger partial charge in [0.15, 0.2) is 0 Å². The lowest BCUT2D eigenvalue weighted by Gasteiger charge is -2.33. The van der Waals surface area contributed by atoms with Crippen molar-refractivity contribution in [1.29, 1.82) is 0 Å². The molecule has 1 aliphatic heterocycles. The molecule has 1 N–H and O–H groups in total. The summed E-state index contributed by atoms with van der Waals surface area (Å²) in [5.41, 5.74) is 1.67. The van der Waals surface area contributed by atoms with Crippen LogP contribution in [0.4, 0.5) is 15.9 Å². The van der Waals surface area contributed by atoms with Gasteiger partial charge >= 0.3 is 0 Å². The molecule has 3 heterocycles. The van der Waals surface area contributed by atoms with Crippen LogP contribution in [0.3, 0.4) is 0 Å². The molecule has 2 aromatic heterocycles. The van der Waals surface area contributed by atoms with E-state index in [0.717, 1.165) is 37.0 Å². The van der Waals surface area contributed by atoms with E-state index in [1.165, 1.54) is 18.3 Å². The molecule has 4 rings (SSSR count). The zero-order valence-electron chi connectivity index (χ0n) is 14.5. The van der Waals surface area contributed by atoms with Gasteiger partial charge in [0.25, 0.3) is 0 Å². The van der Waals surface area contributed by atoms with Gasteiger partial charge in [0.2, 0.25) is 5.91 Å². The minimum atomic E-state index is -0.293. The lowest BCUT2D eigenvalue weighted by molar-refractivity contribution is -0.120. The molecule has 138 valence electrons. The number of aromatic nitrogens is 2. The van der Waals surface area contributed by atoms with Gasteiger partial charge < -0.3 is 10.2 Å². The number of nitrogens with zero attached hydrogens (tertiary/aromatic N) is 3. The number of anilines is 2. The SMILES string of the molecule is O=C(Nc1ccc(Cl)cn1)C1CCN(c2ccnc3cc(F)ccc23)CC1. The molecular formula is C20H18ClFN4O. The number of rotatable bonds is 3. The van der Waals surface area contributed by atoms with Crippen LogP contribution in [0.2, 0.25) is 5.02 Å². The lowest BCUT2D eigenvalue weighted by Crippen LogP contribution is -2.38. The Bertz CT molecular complexity index is 971. The largest absolute Gasteiger partial charge is 0.371 e. The first-order chi connectivity index (χ1) is 13.1. The van der Waals surface area contributed by atoms with Gasteiger partial charge in [-0.15, -0.1) is 0 Å². The fraction of sp³-hybridized carbons (Fsp3) is 0.250. The van der Waals surface area contributed by atoms with Crippen LogP contribution in [0.15, 0.2) is 48.8 Å². The minimum absolute atomic E-state index is 0.0221. The van der Waals surface area contributed by atoms with Crippen LogP contribution in [-0.2, 0) is 4.79 Å². The molecule has 0 bridgehead atoms. The van der Waals surface area contributed by atoms with Crippen LogP contribution >= 0.6 is 11.6 Å². The maximum absolute atomic E-state index is 13.4. The summed E-state index contributed by atoms with van der Waals surface area (Å²) >= 11 is 5.82. The molecule has 5 nitrogen and oxygen atoms in total. The van der Waals surface area contributed by atoms with E-state index in [-0.39, 0.29) is 17.6 Å². The van der Waals surface area contributed by atoms with Crippen LogP contribution in [-0.4, -0.2) is 29.0 Å². The van der Waals surface area contributed by atoms with Crippen LogP contribution in [0.1, 0.15) is 12.8 Å². The molecule has 27 heavy (non-hydrogen) atoms. The fourth-order valence-electron chi connectivity index (χ4n) is 3.44. The highest BCUT2D eigenvalue weighted by atomic mass is 35.5. The number of amides is 1. The van der Waals surface area contributed by atoms with Crippen molar-refractivity contribution in [1.82, 2.24) is 9.97 Å². The smallest absolute Gasteiger partial charge is 0.228 e. The summed E-state index contributed by atoms with van der Waals surface area (Å²) in [6.45, 7) is 1.51. The first-order valence-electron chi connectivity index (χ1n) is 8.82. The van der Waals surface area contributed by atoms with Gasteiger partial charge in [-0.3, -0.25) is 9.78 Å². The Kier molecular flexibility index (Phi) is 4.90. The maximum Gasteiger partial charge on any atom is 0.228 e. The monoisotopic (exact) mass is 384 g/mol. The third-order valence-corrected chi connectivity index (χ3v) is 5.09. The molecule has 0 unspecified atom stereocenters. The average Bonchev–Trinajstić information content (AvgIpc) is 2.69. The normalized spacial score (nSPS) is 15.1. The van der Waals surface area contributed by atoms with Crippen molar-refractivity contribution in [2.75, 3.05) is 23.3 Å². The van der Waals surface area contributed by atoms with Crippen molar-refractivity contribution in [2.45, 2.75) is 12.8 Å². The van der Waals surface area contributed by atoms with Crippen molar-refractivity contribution < 1.29 is 9.18 Å². The van der Waals surface area contributed by atoms with E-state index in [1.54, 1.807) is 24.4 Å². The van der Waals surface area contributed by atoms with Gasteiger partial charge in [-0.05, 0) is 43.2 Å². The van der Waals surface area contributed by atoms with Gasteiger partial charge in [0, 0.05) is 48.5 Å². The number of fused-ring (bicyclic) bond motifs is 1. The molecule has 1 amide bonds. The molecule has 3 aromatic rings. The number of pyridine rings is 2. The van der Waals surface area contributed by atoms with Crippen molar-refractivity contribution in [3.05, 3.63) is 59.6 Å². The van der Waals surface area contributed by atoms with E-state index >= 15 is 0 Å². The van der Waals surface area contributed by atoms with Gasteiger partial charge in [-0.1, -0.05) is 11.6 Å². The zero-order valence-corrected chi connectivity index (χ0v) is 15.3. The lowest BCUT2D eigenvalue weighted by atomic mass is 9.95. The van der Waals surface area contributed by atoms with Gasteiger partial charge in [0.1, 0.15) is 11.6 Å². The number of piperidine rings is 1. The van der Waals surface area contributed by atoms with Gasteiger partial charge in [0.05, 0.1) is 10.5 Å². The van der Waals surface area contributed by atoms with Gasteiger partial charge in [-0.25, -0.2) is 9.37 Å². The summed E-state index contributed by atoms with van der Waals surface area (Å²) < 4.78 is 13.4. The first-order valence-corrected chi connectivity index (χ1v) is 9.19. The third-order valence-electron chi connectivity index (χ3n) is 4.87. The molecule has 0 saturated carbocycles. The van der Waals surface area contributed by atoms with E-state index in [0.29, 0.717) is 16.4 Å². The molecule has 0 spiro atoms. The Labute approximate surface area is 161 Å². The Balaban J connectivity index is 1.43. The molecule has 7 heteroatoms. The predicted octanol–water partition coefficient (Wildman–Crippen LogP) is 4.28. The topological polar surface area (TPSA) is 58.1 Å². The van der Waals surface area contributed by atoms with E-state index in [9.17, 15) is 9.18 Å². The number of carbonyl (C=O) groups excluding carboxylic acids is 1. The van der Waals surface area contributed by atoms with E-state index in [4.69, 9.17) is 11.6 Å². The number of nitrogens with one attached hydrogen (secondary N) is 1. The van der Waals surface area contributed by atoms with Crippen LogP contribution in [0.25, 0.3) is 10.9 Å². The quantitative estimate of drug-likeness (QED) is 0.732. The second kappa shape index (κ2) is 7.48. The summed E-state index contributed by atoms with van der Waals surface area (Å²) in [6.07, 6.45) is 4.69. The molecule has 1 aliphatic rings. The van der Waals surface area contributed by atoms with Crippen LogP contribution in [0, 0.1) is 11.7 Å². The van der Waals surface area contributed by atoms with Crippen molar-refractivity contribution in [3.63, 3.8) is 0 Å². The Hall–Kier alpha value is -2.73. The molecule has 0 atom stereocenters. The molecule has 1 aromatic carbocycles.